The first-order valence-electron chi connectivity index (χ1n) is 16.3. The van der Waals surface area contributed by atoms with Gasteiger partial charge in [-0.1, -0.05) is 88.4 Å². The van der Waals surface area contributed by atoms with Gasteiger partial charge in [0.25, 0.3) is 0 Å². The lowest BCUT2D eigenvalue weighted by Gasteiger charge is -2.12. The van der Waals surface area contributed by atoms with Crippen LogP contribution < -0.4 is 0 Å². The molecule has 0 saturated carbocycles. The summed E-state index contributed by atoms with van der Waals surface area (Å²) in [6.45, 7) is 8.74. The monoisotopic (exact) mass is 600 g/mol. The maximum atomic E-state index is 5.11. The van der Waals surface area contributed by atoms with E-state index in [0.717, 1.165) is 90.9 Å². The van der Waals surface area contributed by atoms with Gasteiger partial charge in [0.05, 0.1) is 11.0 Å². The first-order chi connectivity index (χ1) is 22.6. The van der Waals surface area contributed by atoms with Crippen LogP contribution in [0.15, 0.2) is 109 Å². The van der Waals surface area contributed by atoms with Crippen LogP contribution in [0.25, 0.3) is 66.4 Å². The topological polar surface area (TPSA) is 61.4 Å². The third-order valence-corrected chi connectivity index (χ3v) is 9.54. The van der Waals surface area contributed by atoms with Gasteiger partial charge in [-0.3, -0.25) is 9.13 Å². The van der Waals surface area contributed by atoms with E-state index in [9.17, 15) is 0 Å². The highest BCUT2D eigenvalue weighted by atomic mass is 15.1. The second-order valence-corrected chi connectivity index (χ2v) is 12.4. The number of nitrogens with zero attached hydrogens (tertiary/aromatic N) is 6. The second-order valence-electron chi connectivity index (χ2n) is 12.4. The Morgan fingerprint density at radius 3 is 1.59 bits per heavy atom. The fraction of sp³-hybridized carbons (Fsp3) is 0.200. The number of benzene rings is 4. The predicted octanol–water partition coefficient (Wildman–Crippen LogP) is 10.2. The lowest BCUT2D eigenvalue weighted by molar-refractivity contribution is 0.681. The van der Waals surface area contributed by atoms with Gasteiger partial charge in [0.1, 0.15) is 22.9 Å². The van der Waals surface area contributed by atoms with Crippen molar-refractivity contribution in [3.05, 3.63) is 121 Å². The fourth-order valence-electron chi connectivity index (χ4n) is 6.50. The van der Waals surface area contributed by atoms with E-state index in [2.05, 4.69) is 134 Å². The van der Waals surface area contributed by atoms with Crippen LogP contribution in [0.3, 0.4) is 0 Å². The molecule has 0 bridgehead atoms. The SMILES string of the molecule is CCC(C)c1ncc2c3ccccc3n(-c3ccc(-c4cccc(-n5c6ccccc6c6cnc(C(C)CC)nc65)c4)cc3)c2n1. The number of aromatic nitrogens is 6. The van der Waals surface area contributed by atoms with E-state index in [4.69, 9.17) is 19.9 Å². The van der Waals surface area contributed by atoms with Gasteiger partial charge in [-0.2, -0.15) is 0 Å². The molecule has 0 N–H and O–H groups in total. The largest absolute Gasteiger partial charge is 0.294 e. The third kappa shape index (κ3) is 4.47. The van der Waals surface area contributed by atoms with Crippen molar-refractivity contribution in [3.63, 3.8) is 0 Å². The quantitative estimate of drug-likeness (QED) is 0.183. The van der Waals surface area contributed by atoms with E-state index in [1.165, 1.54) is 0 Å². The van der Waals surface area contributed by atoms with E-state index in [-0.39, 0.29) is 0 Å². The minimum absolute atomic E-state index is 0.295. The number of hydrogen-bond donors (Lipinski definition) is 0. The van der Waals surface area contributed by atoms with Crippen LogP contribution in [-0.2, 0) is 0 Å². The Bertz CT molecular complexity index is 2380. The molecule has 2 atom stereocenters. The number of para-hydroxylation sites is 2. The summed E-state index contributed by atoms with van der Waals surface area (Å²) >= 11 is 0. The zero-order valence-electron chi connectivity index (χ0n) is 26.6. The first-order valence-corrected chi connectivity index (χ1v) is 16.3. The third-order valence-electron chi connectivity index (χ3n) is 9.54. The standard InChI is InChI=1S/C40H36N6/c1-5-25(3)37-41-23-33-31-14-7-9-16-35(31)45(39(33)43-37)29-20-18-27(19-21-29)28-12-11-13-30(22-28)46-36-17-10-8-15-32(36)34-24-42-38(26(4)6-2)44-40(34)46/h7-26H,5-6H2,1-4H3. The maximum Gasteiger partial charge on any atom is 0.149 e. The van der Waals surface area contributed by atoms with E-state index in [1.807, 2.05) is 12.4 Å². The minimum Gasteiger partial charge on any atom is -0.294 e. The first kappa shape index (κ1) is 28.1. The lowest BCUT2D eigenvalue weighted by Crippen LogP contribution is -2.02. The van der Waals surface area contributed by atoms with Crippen molar-refractivity contribution in [2.45, 2.75) is 52.4 Å². The Kier molecular flexibility index (Phi) is 6.86. The molecule has 0 saturated heterocycles. The summed E-state index contributed by atoms with van der Waals surface area (Å²) in [6.07, 6.45) is 5.99. The van der Waals surface area contributed by atoms with Gasteiger partial charge in [0, 0.05) is 57.1 Å². The normalized spacial score (nSPS) is 13.2. The molecule has 2 unspecified atom stereocenters. The fourth-order valence-corrected chi connectivity index (χ4v) is 6.50. The molecule has 226 valence electrons. The summed E-state index contributed by atoms with van der Waals surface area (Å²) in [7, 11) is 0. The minimum atomic E-state index is 0.295. The average Bonchev–Trinajstić information content (AvgIpc) is 3.63. The van der Waals surface area contributed by atoms with Gasteiger partial charge in [0.2, 0.25) is 0 Å². The molecule has 0 aliphatic rings. The Morgan fingerprint density at radius 2 is 1.04 bits per heavy atom. The van der Waals surface area contributed by atoms with Crippen molar-refractivity contribution >= 4 is 43.9 Å². The van der Waals surface area contributed by atoms with Gasteiger partial charge >= 0.3 is 0 Å². The molecule has 4 aromatic carbocycles. The molecule has 8 rings (SSSR count). The molecule has 0 aliphatic heterocycles. The van der Waals surface area contributed by atoms with E-state index in [0.29, 0.717) is 11.8 Å². The van der Waals surface area contributed by atoms with Crippen LogP contribution in [0.5, 0.6) is 0 Å². The van der Waals surface area contributed by atoms with Crippen LogP contribution in [-0.4, -0.2) is 29.1 Å². The number of fused-ring (bicyclic) bond motifs is 6. The summed E-state index contributed by atoms with van der Waals surface area (Å²) in [5.74, 6) is 2.37. The van der Waals surface area contributed by atoms with Crippen LogP contribution in [0.2, 0.25) is 0 Å². The number of rotatable bonds is 7. The summed E-state index contributed by atoms with van der Waals surface area (Å²) in [5.41, 5.74) is 8.62. The van der Waals surface area contributed by atoms with Crippen molar-refractivity contribution in [2.24, 2.45) is 0 Å². The van der Waals surface area contributed by atoms with Crippen LogP contribution in [0, 0.1) is 0 Å². The van der Waals surface area contributed by atoms with Crippen molar-refractivity contribution < 1.29 is 0 Å². The Labute approximate surface area is 268 Å². The molecule has 0 spiro atoms. The van der Waals surface area contributed by atoms with Crippen molar-refractivity contribution in [1.29, 1.82) is 0 Å². The molecule has 6 nitrogen and oxygen atoms in total. The summed E-state index contributed by atoms with van der Waals surface area (Å²) in [4.78, 5) is 19.7. The van der Waals surface area contributed by atoms with Gasteiger partial charge in [-0.05, 0) is 60.4 Å². The van der Waals surface area contributed by atoms with Crippen LogP contribution >= 0.6 is 0 Å². The van der Waals surface area contributed by atoms with Crippen LogP contribution in [0.4, 0.5) is 0 Å². The highest BCUT2D eigenvalue weighted by Crippen LogP contribution is 2.35. The predicted molar refractivity (Wildman–Crippen MR) is 189 cm³/mol. The Hall–Kier alpha value is -5.36. The molecule has 8 aromatic rings. The molecule has 4 heterocycles. The van der Waals surface area contributed by atoms with Gasteiger partial charge in [-0.15, -0.1) is 0 Å². The second kappa shape index (κ2) is 11.2. The molecule has 0 radical (unpaired) electrons. The van der Waals surface area contributed by atoms with E-state index in [1.54, 1.807) is 0 Å². The molecule has 0 fully saturated rings. The van der Waals surface area contributed by atoms with Crippen molar-refractivity contribution in [3.8, 4) is 22.5 Å². The van der Waals surface area contributed by atoms with E-state index < -0.39 is 0 Å². The van der Waals surface area contributed by atoms with Gasteiger partial charge < -0.3 is 0 Å². The summed E-state index contributed by atoms with van der Waals surface area (Å²) in [5, 5.41) is 4.47. The zero-order chi connectivity index (χ0) is 31.4. The molecular formula is C40H36N6. The zero-order valence-corrected chi connectivity index (χ0v) is 26.6. The highest BCUT2D eigenvalue weighted by molar-refractivity contribution is 6.08. The molecule has 0 amide bonds. The molecule has 0 aliphatic carbocycles. The highest BCUT2D eigenvalue weighted by Gasteiger charge is 2.18. The summed E-state index contributed by atoms with van der Waals surface area (Å²) < 4.78 is 4.55. The molecule has 46 heavy (non-hydrogen) atoms. The molecule has 4 aromatic heterocycles. The lowest BCUT2D eigenvalue weighted by atomic mass is 10.0. The van der Waals surface area contributed by atoms with E-state index >= 15 is 0 Å². The Balaban J connectivity index is 1.24. The van der Waals surface area contributed by atoms with Crippen molar-refractivity contribution in [1.82, 2.24) is 29.1 Å². The van der Waals surface area contributed by atoms with Gasteiger partial charge in [0.15, 0.2) is 0 Å². The number of hydrogen-bond acceptors (Lipinski definition) is 4. The smallest absolute Gasteiger partial charge is 0.149 e. The molecule has 6 heteroatoms. The Morgan fingerprint density at radius 1 is 0.522 bits per heavy atom. The molecular weight excluding hydrogens is 564 g/mol. The average molecular weight is 601 g/mol. The van der Waals surface area contributed by atoms with Crippen LogP contribution in [0.1, 0.15) is 64.0 Å². The van der Waals surface area contributed by atoms with Crippen molar-refractivity contribution in [2.75, 3.05) is 0 Å². The van der Waals surface area contributed by atoms with Gasteiger partial charge in [-0.25, -0.2) is 19.9 Å². The maximum absolute atomic E-state index is 5.11. The summed E-state index contributed by atoms with van der Waals surface area (Å²) in [6, 6.07) is 34.6.